The van der Waals surface area contributed by atoms with Crippen LogP contribution in [0.5, 0.6) is 0 Å². The normalized spacial score (nSPS) is 23.8. The number of hydrogen-bond acceptors (Lipinski definition) is 5. The highest BCUT2D eigenvalue weighted by Gasteiger charge is 2.45. The van der Waals surface area contributed by atoms with Crippen molar-refractivity contribution in [3.05, 3.63) is 39.9 Å². The molecule has 6 heteroatoms. The van der Waals surface area contributed by atoms with Crippen LogP contribution in [0.15, 0.2) is 24.3 Å². The Labute approximate surface area is 162 Å². The summed E-state index contributed by atoms with van der Waals surface area (Å²) in [6.45, 7) is 5.74. The highest BCUT2D eigenvalue weighted by molar-refractivity contribution is 7.15. The van der Waals surface area contributed by atoms with E-state index in [1.54, 1.807) is 19.1 Å². The molecule has 2 aromatic rings. The number of halogens is 1. The predicted molar refractivity (Wildman–Crippen MR) is 104 cm³/mol. The van der Waals surface area contributed by atoms with Gasteiger partial charge in [0, 0.05) is 15.5 Å². The van der Waals surface area contributed by atoms with E-state index in [0.717, 1.165) is 21.9 Å². The van der Waals surface area contributed by atoms with Gasteiger partial charge in [0.1, 0.15) is 22.8 Å². The van der Waals surface area contributed by atoms with E-state index >= 15 is 0 Å². The Bertz CT molecular complexity index is 817. The molecule has 1 saturated heterocycles. The number of aromatic nitrogens is 1. The van der Waals surface area contributed by atoms with Gasteiger partial charge in [-0.1, -0.05) is 30.7 Å². The fourth-order valence-corrected chi connectivity index (χ4v) is 4.56. The van der Waals surface area contributed by atoms with Gasteiger partial charge in [-0.05, 0) is 45.2 Å². The molecule has 3 atom stereocenters. The van der Waals surface area contributed by atoms with Crippen LogP contribution in [0.1, 0.15) is 50.1 Å². The summed E-state index contributed by atoms with van der Waals surface area (Å²) in [5, 5.41) is 1.45. The second-order valence-corrected chi connectivity index (χ2v) is 8.38. The van der Waals surface area contributed by atoms with Gasteiger partial charge in [-0.3, -0.25) is 4.79 Å². The molecule has 1 aromatic heterocycles. The molecule has 0 aliphatic carbocycles. The summed E-state index contributed by atoms with van der Waals surface area (Å²) in [7, 11) is 0. The zero-order chi connectivity index (χ0) is 18.9. The summed E-state index contributed by atoms with van der Waals surface area (Å²) >= 11 is 7.47. The van der Waals surface area contributed by atoms with Crippen LogP contribution in [0.3, 0.4) is 0 Å². The predicted octanol–water partition coefficient (Wildman–Crippen LogP) is 4.84. The van der Waals surface area contributed by atoms with Crippen molar-refractivity contribution in [1.82, 2.24) is 4.98 Å². The van der Waals surface area contributed by atoms with E-state index in [9.17, 15) is 9.59 Å². The highest BCUT2D eigenvalue weighted by Crippen LogP contribution is 2.38. The molecule has 26 heavy (non-hydrogen) atoms. The van der Waals surface area contributed by atoms with Crippen LogP contribution in [-0.2, 0) is 20.7 Å². The van der Waals surface area contributed by atoms with Gasteiger partial charge in [0.2, 0.25) is 0 Å². The molecular formula is C20H22ClNO3S. The molecule has 0 saturated carbocycles. The van der Waals surface area contributed by atoms with Crippen LogP contribution < -0.4 is 0 Å². The number of ether oxygens (including phenoxy) is 1. The van der Waals surface area contributed by atoms with E-state index in [1.165, 1.54) is 11.3 Å². The van der Waals surface area contributed by atoms with E-state index in [2.05, 4.69) is 4.98 Å². The molecule has 3 unspecified atom stereocenters. The van der Waals surface area contributed by atoms with Crippen molar-refractivity contribution in [3.63, 3.8) is 0 Å². The second-order valence-electron chi connectivity index (χ2n) is 6.86. The molecule has 1 fully saturated rings. The lowest BCUT2D eigenvalue weighted by Gasteiger charge is -2.25. The third-order valence-electron chi connectivity index (χ3n) is 4.86. The first-order valence-electron chi connectivity index (χ1n) is 8.81. The Balaban J connectivity index is 1.97. The maximum absolute atomic E-state index is 13.1. The van der Waals surface area contributed by atoms with E-state index in [4.69, 9.17) is 16.3 Å². The molecule has 0 amide bonds. The Kier molecular flexibility index (Phi) is 5.61. The summed E-state index contributed by atoms with van der Waals surface area (Å²) in [5.74, 6) is -1.09. The van der Waals surface area contributed by atoms with Gasteiger partial charge in [0.15, 0.2) is 5.78 Å². The maximum Gasteiger partial charge on any atom is 0.180 e. The van der Waals surface area contributed by atoms with E-state index in [-0.39, 0.29) is 11.9 Å². The molecule has 4 nitrogen and oxygen atoms in total. The minimum atomic E-state index is -0.917. The number of aldehydes is 1. The SMILES string of the molecule is CCc1sc(-c2ccc(Cl)cc2)nc1C(C=O)C(=O)C1(C)CCC(C)O1. The molecular weight excluding hydrogens is 370 g/mol. The zero-order valence-corrected chi connectivity index (χ0v) is 16.7. The summed E-state index contributed by atoms with van der Waals surface area (Å²) in [6.07, 6.45) is 2.91. The summed E-state index contributed by atoms with van der Waals surface area (Å²) in [4.78, 5) is 30.6. The van der Waals surface area contributed by atoms with Crippen molar-refractivity contribution in [2.75, 3.05) is 0 Å². The number of benzene rings is 1. The molecule has 0 radical (unpaired) electrons. The Morgan fingerprint density at radius 1 is 1.46 bits per heavy atom. The maximum atomic E-state index is 13.1. The number of aryl methyl sites for hydroxylation is 1. The van der Waals surface area contributed by atoms with Crippen molar-refractivity contribution >= 4 is 35.0 Å². The monoisotopic (exact) mass is 391 g/mol. The third-order valence-corrected chi connectivity index (χ3v) is 6.38. The number of rotatable bonds is 6. The first kappa shape index (κ1) is 19.2. The van der Waals surface area contributed by atoms with Gasteiger partial charge >= 0.3 is 0 Å². The summed E-state index contributed by atoms with van der Waals surface area (Å²) in [5.41, 5.74) is 0.571. The van der Waals surface area contributed by atoms with Gasteiger partial charge in [-0.15, -0.1) is 11.3 Å². The average Bonchev–Trinajstić information content (AvgIpc) is 3.20. The average molecular weight is 392 g/mol. The largest absolute Gasteiger partial charge is 0.365 e. The molecule has 0 bridgehead atoms. The van der Waals surface area contributed by atoms with Crippen molar-refractivity contribution in [3.8, 4) is 10.6 Å². The van der Waals surface area contributed by atoms with Crippen LogP contribution in [-0.4, -0.2) is 28.8 Å². The van der Waals surface area contributed by atoms with Crippen molar-refractivity contribution in [2.24, 2.45) is 0 Å². The van der Waals surface area contributed by atoms with Crippen LogP contribution >= 0.6 is 22.9 Å². The van der Waals surface area contributed by atoms with Crippen molar-refractivity contribution < 1.29 is 14.3 Å². The minimum absolute atomic E-state index is 0.0296. The standard InChI is InChI=1S/C20H22ClNO3S/c1-4-16-17(22-19(26-16)13-5-7-14(21)8-6-13)15(11-23)18(24)20(3)10-9-12(2)25-20/h5-8,11-12,15H,4,9-10H2,1-3H3. The number of ketones is 1. The quantitative estimate of drug-likeness (QED) is 0.522. The molecule has 2 heterocycles. The molecule has 0 N–H and O–H groups in total. The van der Waals surface area contributed by atoms with E-state index < -0.39 is 11.5 Å². The van der Waals surface area contributed by atoms with E-state index in [1.807, 2.05) is 26.0 Å². The molecule has 138 valence electrons. The molecule has 1 aliphatic heterocycles. The van der Waals surface area contributed by atoms with Crippen molar-refractivity contribution in [2.45, 2.75) is 57.7 Å². The number of thiazole rings is 1. The second kappa shape index (κ2) is 7.59. The van der Waals surface area contributed by atoms with Crippen LogP contribution in [0, 0.1) is 0 Å². The minimum Gasteiger partial charge on any atom is -0.365 e. The van der Waals surface area contributed by atoms with Gasteiger partial charge in [0.05, 0.1) is 11.8 Å². The number of carbonyl (C=O) groups excluding carboxylic acids is 2. The smallest absolute Gasteiger partial charge is 0.180 e. The third kappa shape index (κ3) is 3.61. The number of carbonyl (C=O) groups is 2. The molecule has 0 spiro atoms. The van der Waals surface area contributed by atoms with Crippen LogP contribution in [0.4, 0.5) is 0 Å². The lowest BCUT2D eigenvalue weighted by Crippen LogP contribution is -2.39. The van der Waals surface area contributed by atoms with Gasteiger partial charge in [-0.2, -0.15) is 0 Å². The lowest BCUT2D eigenvalue weighted by atomic mass is 9.86. The van der Waals surface area contributed by atoms with Crippen molar-refractivity contribution in [1.29, 1.82) is 0 Å². The summed E-state index contributed by atoms with van der Waals surface area (Å²) in [6, 6.07) is 7.40. The first-order valence-corrected chi connectivity index (χ1v) is 10.0. The lowest BCUT2D eigenvalue weighted by molar-refractivity contribution is -0.143. The molecule has 3 rings (SSSR count). The number of Topliss-reactive ketones (excluding diaryl/α,β-unsaturated/α-hetero) is 1. The Morgan fingerprint density at radius 3 is 2.69 bits per heavy atom. The number of hydrogen-bond donors (Lipinski definition) is 0. The number of nitrogens with zero attached hydrogens (tertiary/aromatic N) is 1. The van der Waals surface area contributed by atoms with Crippen LogP contribution in [0.2, 0.25) is 5.02 Å². The van der Waals surface area contributed by atoms with E-state index in [0.29, 0.717) is 29.8 Å². The first-order chi connectivity index (χ1) is 12.4. The molecule has 1 aliphatic rings. The summed E-state index contributed by atoms with van der Waals surface area (Å²) < 4.78 is 5.85. The van der Waals surface area contributed by atoms with Gasteiger partial charge in [0.25, 0.3) is 0 Å². The fourth-order valence-electron chi connectivity index (χ4n) is 3.38. The van der Waals surface area contributed by atoms with Gasteiger partial charge in [-0.25, -0.2) is 4.98 Å². The van der Waals surface area contributed by atoms with Gasteiger partial charge < -0.3 is 9.53 Å². The fraction of sp³-hybridized carbons (Fsp3) is 0.450. The topological polar surface area (TPSA) is 56.3 Å². The molecule has 1 aromatic carbocycles. The Morgan fingerprint density at radius 2 is 2.15 bits per heavy atom. The highest BCUT2D eigenvalue weighted by atomic mass is 35.5. The zero-order valence-electron chi connectivity index (χ0n) is 15.1. The Hall–Kier alpha value is -1.56. The van der Waals surface area contributed by atoms with Crippen LogP contribution in [0.25, 0.3) is 10.6 Å².